The van der Waals surface area contributed by atoms with Crippen LogP contribution in [-0.2, 0) is 22.4 Å². The van der Waals surface area contributed by atoms with Gasteiger partial charge in [-0.1, -0.05) is 59.6 Å². The van der Waals surface area contributed by atoms with E-state index in [1.807, 2.05) is 43.3 Å². The summed E-state index contributed by atoms with van der Waals surface area (Å²) in [7, 11) is 3.06. The first-order chi connectivity index (χ1) is 16.4. The molecule has 0 saturated carbocycles. The monoisotopic (exact) mass is 503 g/mol. The highest BCUT2D eigenvalue weighted by Crippen LogP contribution is 2.24. The fraction of sp³-hybridized carbons (Fsp3) is 0.346. The number of halogens is 2. The predicted molar refractivity (Wildman–Crippen MR) is 139 cm³/mol. The molecule has 182 valence electrons. The van der Waals surface area contributed by atoms with E-state index < -0.39 is 17.9 Å². The lowest BCUT2D eigenvalue weighted by Crippen LogP contribution is -2.43. The Labute approximate surface area is 211 Å². The highest BCUT2D eigenvalue weighted by atomic mass is 35.5. The topological polar surface area (TPSA) is 79.8 Å². The molecule has 2 rings (SSSR count). The van der Waals surface area contributed by atoms with Gasteiger partial charge in [0.1, 0.15) is 11.9 Å². The second-order valence-corrected chi connectivity index (χ2v) is 8.47. The number of hydrogen-bond acceptors (Lipinski definition) is 4. The number of nitrogens with zero attached hydrogens (tertiary/aromatic N) is 1. The van der Waals surface area contributed by atoms with E-state index in [9.17, 15) is 9.59 Å². The number of unbranched alkanes of at least 4 members (excludes halogenated alkanes) is 1. The summed E-state index contributed by atoms with van der Waals surface area (Å²) in [6, 6.07) is 11.9. The van der Waals surface area contributed by atoms with Crippen LogP contribution in [0.2, 0.25) is 10.0 Å². The summed E-state index contributed by atoms with van der Waals surface area (Å²) in [6.45, 7) is 2.83. The molecule has 8 heteroatoms. The standard InChI is InChI=1S/C26H31Cl2N3O3/c1-4-8-23(29-2)30-16-6-5-9-18-12-14-19(15-13-18)17-22(26(33)34-3)31-25(32)24-20(27)10-7-11-21(24)28/h4,7-8,10-15,22H,5-6,9,16-17H2,1-3H3,(H,29,30)(H,31,32)/b8-4-. The number of amides is 1. The molecule has 0 fully saturated rings. The van der Waals surface area contributed by atoms with Gasteiger partial charge in [-0.15, -0.1) is 0 Å². The summed E-state index contributed by atoms with van der Waals surface area (Å²) in [6.07, 6.45) is 7.21. The van der Waals surface area contributed by atoms with Crippen molar-refractivity contribution in [3.63, 3.8) is 0 Å². The summed E-state index contributed by atoms with van der Waals surface area (Å²) < 4.78 is 4.88. The maximum Gasteiger partial charge on any atom is 0.328 e. The van der Waals surface area contributed by atoms with Crippen LogP contribution in [0.5, 0.6) is 0 Å². The first kappa shape index (κ1) is 27.4. The van der Waals surface area contributed by atoms with Gasteiger partial charge in [-0.25, -0.2) is 4.79 Å². The quantitative estimate of drug-likeness (QED) is 0.195. The third-order valence-electron chi connectivity index (χ3n) is 5.21. The number of benzene rings is 2. The van der Waals surface area contributed by atoms with Gasteiger partial charge >= 0.3 is 5.97 Å². The Hall–Kier alpha value is -2.83. The third kappa shape index (κ3) is 8.50. The van der Waals surface area contributed by atoms with Crippen LogP contribution in [-0.4, -0.2) is 44.5 Å². The van der Waals surface area contributed by atoms with Crippen LogP contribution >= 0.6 is 23.2 Å². The number of hydrogen-bond donors (Lipinski definition) is 2. The minimum atomic E-state index is -0.867. The number of allylic oxidation sites excluding steroid dienone is 1. The van der Waals surface area contributed by atoms with Crippen molar-refractivity contribution in [1.82, 2.24) is 10.6 Å². The number of amidine groups is 1. The Morgan fingerprint density at radius 2 is 1.71 bits per heavy atom. The lowest BCUT2D eigenvalue weighted by atomic mass is 10.0. The van der Waals surface area contributed by atoms with Gasteiger partial charge in [0.15, 0.2) is 0 Å². The van der Waals surface area contributed by atoms with Gasteiger partial charge in [0, 0.05) is 20.0 Å². The molecule has 6 nitrogen and oxygen atoms in total. The SMILES string of the molecule is C/C=C\C(=NC)NCCCCc1ccc(CC(NC(=O)c2c(Cl)cccc2Cl)C(=O)OC)cc1. The average molecular weight is 504 g/mol. The summed E-state index contributed by atoms with van der Waals surface area (Å²) in [5.41, 5.74) is 2.25. The molecule has 1 unspecified atom stereocenters. The molecule has 0 heterocycles. The predicted octanol–water partition coefficient (Wildman–Crippen LogP) is 5.02. The number of carbonyl (C=O) groups is 2. The van der Waals surface area contributed by atoms with Gasteiger partial charge in [0.2, 0.25) is 0 Å². The zero-order chi connectivity index (χ0) is 24.9. The fourth-order valence-corrected chi connectivity index (χ4v) is 3.97. The molecule has 2 aromatic carbocycles. The van der Waals surface area contributed by atoms with Crippen molar-refractivity contribution in [3.8, 4) is 0 Å². The van der Waals surface area contributed by atoms with Crippen LogP contribution < -0.4 is 10.6 Å². The van der Waals surface area contributed by atoms with Crippen LogP contribution in [0.4, 0.5) is 0 Å². The van der Waals surface area contributed by atoms with E-state index in [1.165, 1.54) is 12.7 Å². The number of esters is 1. The van der Waals surface area contributed by atoms with Crippen molar-refractivity contribution < 1.29 is 14.3 Å². The van der Waals surface area contributed by atoms with Gasteiger partial charge in [-0.2, -0.15) is 0 Å². The molecule has 1 atom stereocenters. The minimum absolute atomic E-state index is 0.132. The Morgan fingerprint density at radius 3 is 2.29 bits per heavy atom. The van der Waals surface area contributed by atoms with Crippen molar-refractivity contribution in [3.05, 3.63) is 81.4 Å². The van der Waals surface area contributed by atoms with Gasteiger partial charge in [0.25, 0.3) is 5.91 Å². The van der Waals surface area contributed by atoms with Gasteiger partial charge in [-0.3, -0.25) is 9.79 Å². The summed E-state index contributed by atoms with van der Waals surface area (Å²) in [4.78, 5) is 29.2. The molecule has 0 aromatic heterocycles. The lowest BCUT2D eigenvalue weighted by Gasteiger charge is -2.18. The largest absolute Gasteiger partial charge is 0.467 e. The molecule has 0 spiro atoms. The van der Waals surface area contributed by atoms with Crippen molar-refractivity contribution in [2.45, 2.75) is 38.6 Å². The van der Waals surface area contributed by atoms with Crippen LogP contribution in [0.25, 0.3) is 0 Å². The second kappa shape index (κ2) is 14.4. The average Bonchev–Trinajstić information content (AvgIpc) is 2.83. The van der Waals surface area contributed by atoms with E-state index in [0.717, 1.165) is 37.2 Å². The molecule has 2 aromatic rings. The number of aryl methyl sites for hydroxylation is 1. The van der Waals surface area contributed by atoms with Crippen molar-refractivity contribution in [2.24, 2.45) is 4.99 Å². The molecular formula is C26H31Cl2N3O3. The molecule has 0 saturated heterocycles. The number of aliphatic imine (C=N–C) groups is 1. The van der Waals surface area contributed by atoms with Gasteiger partial charge in [-0.05, 0) is 55.5 Å². The van der Waals surface area contributed by atoms with E-state index in [0.29, 0.717) is 0 Å². The number of carbonyl (C=O) groups excluding carboxylic acids is 2. The van der Waals surface area contributed by atoms with Gasteiger partial charge < -0.3 is 15.4 Å². The summed E-state index contributed by atoms with van der Waals surface area (Å²) in [5, 5.41) is 6.43. The number of nitrogens with one attached hydrogen (secondary N) is 2. The minimum Gasteiger partial charge on any atom is -0.467 e. The molecular weight excluding hydrogens is 473 g/mol. The van der Waals surface area contributed by atoms with E-state index in [2.05, 4.69) is 15.6 Å². The maximum absolute atomic E-state index is 12.7. The molecule has 0 bridgehead atoms. The smallest absolute Gasteiger partial charge is 0.328 e. The molecule has 1 amide bonds. The Balaban J connectivity index is 1.92. The third-order valence-corrected chi connectivity index (χ3v) is 5.84. The molecule has 0 aliphatic carbocycles. The van der Waals surface area contributed by atoms with Crippen LogP contribution in [0.3, 0.4) is 0 Å². The molecule has 2 N–H and O–H groups in total. The van der Waals surface area contributed by atoms with Crippen LogP contribution in [0.1, 0.15) is 41.3 Å². The summed E-state index contributed by atoms with van der Waals surface area (Å²) in [5.74, 6) is -0.182. The Bertz CT molecular complexity index is 1000. The second-order valence-electron chi connectivity index (χ2n) is 7.66. The lowest BCUT2D eigenvalue weighted by molar-refractivity contribution is -0.142. The fourth-order valence-electron chi connectivity index (χ4n) is 3.40. The highest BCUT2D eigenvalue weighted by Gasteiger charge is 2.24. The zero-order valence-corrected chi connectivity index (χ0v) is 21.2. The molecule has 34 heavy (non-hydrogen) atoms. The Morgan fingerprint density at radius 1 is 1.06 bits per heavy atom. The van der Waals surface area contributed by atoms with Crippen molar-refractivity contribution in [2.75, 3.05) is 20.7 Å². The normalized spacial score (nSPS) is 12.4. The molecule has 0 aliphatic rings. The maximum atomic E-state index is 12.7. The number of rotatable bonds is 11. The van der Waals surface area contributed by atoms with E-state index >= 15 is 0 Å². The zero-order valence-electron chi connectivity index (χ0n) is 19.7. The van der Waals surface area contributed by atoms with Crippen molar-refractivity contribution in [1.29, 1.82) is 0 Å². The van der Waals surface area contributed by atoms with Crippen molar-refractivity contribution >= 4 is 40.9 Å². The first-order valence-electron chi connectivity index (χ1n) is 11.1. The molecule has 0 radical (unpaired) electrons. The number of ether oxygens (including phenoxy) is 1. The number of methoxy groups -OCH3 is 1. The Kier molecular flexibility index (Phi) is 11.6. The van der Waals surface area contributed by atoms with Crippen LogP contribution in [0.15, 0.2) is 59.6 Å². The van der Waals surface area contributed by atoms with E-state index in [-0.39, 0.29) is 22.0 Å². The van der Waals surface area contributed by atoms with Crippen LogP contribution in [0, 0.1) is 0 Å². The first-order valence-corrected chi connectivity index (χ1v) is 11.9. The highest BCUT2D eigenvalue weighted by molar-refractivity contribution is 6.39. The van der Waals surface area contributed by atoms with E-state index in [4.69, 9.17) is 27.9 Å². The van der Waals surface area contributed by atoms with E-state index in [1.54, 1.807) is 25.2 Å². The molecule has 0 aliphatic heterocycles. The van der Waals surface area contributed by atoms with Gasteiger partial charge in [0.05, 0.1) is 22.7 Å². The summed E-state index contributed by atoms with van der Waals surface area (Å²) >= 11 is 12.2.